The average Bonchev–Trinajstić information content (AvgIpc) is 2.82. The fourth-order valence-corrected chi connectivity index (χ4v) is 2.95. The van der Waals surface area contributed by atoms with Crippen LogP contribution in [0.3, 0.4) is 0 Å². The van der Waals surface area contributed by atoms with Gasteiger partial charge in [-0.05, 0) is 37.0 Å². The molecule has 1 aliphatic carbocycles. The van der Waals surface area contributed by atoms with Gasteiger partial charge >= 0.3 is 0 Å². The maximum Gasteiger partial charge on any atom is 0.231 e. The summed E-state index contributed by atoms with van der Waals surface area (Å²) in [7, 11) is 1.75. The Morgan fingerprint density at radius 1 is 1.17 bits per heavy atom. The van der Waals surface area contributed by atoms with E-state index in [1.54, 1.807) is 24.3 Å². The molecule has 1 heterocycles. The lowest BCUT2D eigenvalue weighted by Gasteiger charge is -2.19. The maximum absolute atomic E-state index is 12.1. The van der Waals surface area contributed by atoms with Crippen LogP contribution >= 0.6 is 0 Å². The molecule has 0 atom stereocenters. The monoisotopic (exact) mass is 317 g/mol. The highest BCUT2D eigenvalue weighted by atomic mass is 16.2. The number of carbonyl (C=O) groups is 2. The van der Waals surface area contributed by atoms with Crippen LogP contribution in [0.4, 0.5) is 0 Å². The van der Waals surface area contributed by atoms with Crippen LogP contribution in [0.15, 0.2) is 24.5 Å². The van der Waals surface area contributed by atoms with Crippen LogP contribution < -0.4 is 5.32 Å². The summed E-state index contributed by atoms with van der Waals surface area (Å²) in [4.78, 5) is 29.8. The van der Waals surface area contributed by atoms with Gasteiger partial charge in [-0.15, -0.1) is 0 Å². The molecule has 1 aromatic rings. The Labute approximate surface area is 138 Å². The number of nitrogens with one attached hydrogen (secondary N) is 1. The van der Waals surface area contributed by atoms with E-state index in [0.717, 1.165) is 24.8 Å². The van der Waals surface area contributed by atoms with E-state index in [9.17, 15) is 9.59 Å². The summed E-state index contributed by atoms with van der Waals surface area (Å²) in [5, 5.41) is 3.02. The Morgan fingerprint density at radius 3 is 2.48 bits per heavy atom. The number of pyridine rings is 1. The van der Waals surface area contributed by atoms with Gasteiger partial charge in [0.15, 0.2) is 0 Å². The van der Waals surface area contributed by atoms with Crippen molar-refractivity contribution in [3.05, 3.63) is 30.1 Å². The van der Waals surface area contributed by atoms with Gasteiger partial charge in [-0.3, -0.25) is 14.6 Å². The van der Waals surface area contributed by atoms with Crippen LogP contribution in [0, 0.1) is 0 Å². The second kappa shape index (κ2) is 9.28. The number of hydrogen-bond acceptors (Lipinski definition) is 3. The molecule has 126 valence electrons. The van der Waals surface area contributed by atoms with Crippen molar-refractivity contribution in [2.75, 3.05) is 13.6 Å². The molecule has 2 rings (SSSR count). The molecule has 0 saturated heterocycles. The smallest absolute Gasteiger partial charge is 0.231 e. The van der Waals surface area contributed by atoms with E-state index >= 15 is 0 Å². The topological polar surface area (TPSA) is 62.3 Å². The molecule has 23 heavy (non-hydrogen) atoms. The maximum atomic E-state index is 12.1. The first-order chi connectivity index (χ1) is 11.1. The van der Waals surface area contributed by atoms with E-state index in [2.05, 4.69) is 10.3 Å². The summed E-state index contributed by atoms with van der Waals surface area (Å²) in [6, 6.07) is 4.13. The zero-order valence-corrected chi connectivity index (χ0v) is 14.0. The number of aromatic nitrogens is 1. The standard InChI is InChI=1S/C18H27N3O2/c1-21(13-10-15-8-11-19-12-9-15)18(23)14-17(22)20-16-6-4-2-3-5-7-16/h8-9,11-12,16H,2-7,10,13-14H2,1H3,(H,20,22). The molecule has 1 aromatic heterocycles. The van der Waals surface area contributed by atoms with Crippen LogP contribution in [-0.4, -0.2) is 41.3 Å². The van der Waals surface area contributed by atoms with Crippen LogP contribution in [0.5, 0.6) is 0 Å². The molecule has 1 aliphatic rings. The van der Waals surface area contributed by atoms with Crippen molar-refractivity contribution in [3.8, 4) is 0 Å². The largest absolute Gasteiger partial charge is 0.353 e. The first-order valence-corrected chi connectivity index (χ1v) is 8.57. The number of amides is 2. The third-order valence-corrected chi connectivity index (χ3v) is 4.44. The van der Waals surface area contributed by atoms with Crippen LogP contribution in [0.25, 0.3) is 0 Å². The molecule has 1 fully saturated rings. The molecular formula is C18H27N3O2. The van der Waals surface area contributed by atoms with Crippen molar-refractivity contribution in [2.45, 2.75) is 57.4 Å². The van der Waals surface area contributed by atoms with Crippen molar-refractivity contribution in [1.29, 1.82) is 0 Å². The highest BCUT2D eigenvalue weighted by Crippen LogP contribution is 2.17. The minimum Gasteiger partial charge on any atom is -0.353 e. The molecule has 0 aromatic carbocycles. The fraction of sp³-hybridized carbons (Fsp3) is 0.611. The van der Waals surface area contributed by atoms with Crippen LogP contribution in [0.1, 0.15) is 50.5 Å². The van der Waals surface area contributed by atoms with Crippen molar-refractivity contribution in [2.24, 2.45) is 0 Å². The van der Waals surface area contributed by atoms with E-state index in [0.29, 0.717) is 6.54 Å². The second-order valence-electron chi connectivity index (χ2n) is 6.35. The zero-order valence-electron chi connectivity index (χ0n) is 14.0. The lowest BCUT2D eigenvalue weighted by molar-refractivity contribution is -0.135. The molecule has 0 bridgehead atoms. The molecule has 2 amide bonds. The average molecular weight is 317 g/mol. The second-order valence-corrected chi connectivity index (χ2v) is 6.35. The van der Waals surface area contributed by atoms with E-state index in [1.807, 2.05) is 12.1 Å². The fourth-order valence-electron chi connectivity index (χ4n) is 2.95. The van der Waals surface area contributed by atoms with Gasteiger partial charge in [0, 0.05) is 32.0 Å². The summed E-state index contributed by atoms with van der Waals surface area (Å²) < 4.78 is 0. The normalized spacial score (nSPS) is 15.7. The Morgan fingerprint density at radius 2 is 1.83 bits per heavy atom. The van der Waals surface area contributed by atoms with Crippen molar-refractivity contribution in [3.63, 3.8) is 0 Å². The van der Waals surface area contributed by atoms with Crippen molar-refractivity contribution < 1.29 is 9.59 Å². The zero-order chi connectivity index (χ0) is 16.5. The van der Waals surface area contributed by atoms with E-state index < -0.39 is 0 Å². The molecule has 0 radical (unpaired) electrons. The van der Waals surface area contributed by atoms with E-state index in [4.69, 9.17) is 0 Å². The van der Waals surface area contributed by atoms with Gasteiger partial charge in [-0.25, -0.2) is 0 Å². The van der Waals surface area contributed by atoms with Gasteiger partial charge in [0.05, 0.1) is 0 Å². The molecule has 0 unspecified atom stereocenters. The summed E-state index contributed by atoms with van der Waals surface area (Å²) in [6.07, 6.45) is 11.1. The van der Waals surface area contributed by atoms with Gasteiger partial charge < -0.3 is 10.2 Å². The molecule has 0 spiro atoms. The van der Waals surface area contributed by atoms with Crippen molar-refractivity contribution >= 4 is 11.8 Å². The highest BCUT2D eigenvalue weighted by Gasteiger charge is 2.18. The summed E-state index contributed by atoms with van der Waals surface area (Å²) >= 11 is 0. The number of carbonyl (C=O) groups excluding carboxylic acids is 2. The SMILES string of the molecule is CN(CCc1ccncc1)C(=O)CC(=O)NC1CCCCCC1. The van der Waals surface area contributed by atoms with Gasteiger partial charge in [0.2, 0.25) is 11.8 Å². The Kier molecular flexibility index (Phi) is 7.04. The minimum atomic E-state index is -0.141. The Balaban J connectivity index is 1.70. The van der Waals surface area contributed by atoms with E-state index in [1.165, 1.54) is 25.7 Å². The summed E-state index contributed by atoms with van der Waals surface area (Å²) in [5.74, 6) is -0.261. The van der Waals surface area contributed by atoms with E-state index in [-0.39, 0.29) is 24.3 Å². The number of likely N-dealkylation sites (N-methyl/N-ethyl adjacent to an activating group) is 1. The van der Waals surface area contributed by atoms with Crippen LogP contribution in [0.2, 0.25) is 0 Å². The molecular weight excluding hydrogens is 290 g/mol. The Hall–Kier alpha value is -1.91. The summed E-state index contributed by atoms with van der Waals surface area (Å²) in [6.45, 7) is 0.611. The predicted octanol–water partition coefficient (Wildman–Crippen LogP) is 2.31. The molecule has 0 aliphatic heterocycles. The first kappa shape index (κ1) is 17.4. The molecule has 1 saturated carbocycles. The van der Waals surface area contributed by atoms with Crippen molar-refractivity contribution in [1.82, 2.24) is 15.2 Å². The lowest BCUT2D eigenvalue weighted by atomic mass is 10.1. The lowest BCUT2D eigenvalue weighted by Crippen LogP contribution is -2.38. The first-order valence-electron chi connectivity index (χ1n) is 8.57. The third-order valence-electron chi connectivity index (χ3n) is 4.44. The molecule has 5 nitrogen and oxygen atoms in total. The predicted molar refractivity (Wildman–Crippen MR) is 89.8 cm³/mol. The summed E-state index contributed by atoms with van der Waals surface area (Å²) in [5.41, 5.74) is 1.14. The van der Waals surface area contributed by atoms with Gasteiger partial charge in [-0.1, -0.05) is 25.7 Å². The van der Waals surface area contributed by atoms with Gasteiger partial charge in [-0.2, -0.15) is 0 Å². The van der Waals surface area contributed by atoms with Gasteiger partial charge in [0.1, 0.15) is 6.42 Å². The number of hydrogen-bond donors (Lipinski definition) is 1. The number of nitrogens with zero attached hydrogens (tertiary/aromatic N) is 2. The third kappa shape index (κ3) is 6.38. The molecule has 5 heteroatoms. The quantitative estimate of drug-likeness (QED) is 0.647. The highest BCUT2D eigenvalue weighted by molar-refractivity contribution is 5.96. The number of rotatable bonds is 6. The molecule has 1 N–H and O–H groups in total. The van der Waals surface area contributed by atoms with Crippen LogP contribution in [-0.2, 0) is 16.0 Å². The minimum absolute atomic E-state index is 0.0522. The van der Waals surface area contributed by atoms with Gasteiger partial charge in [0.25, 0.3) is 0 Å². The Bertz CT molecular complexity index is 496.